The van der Waals surface area contributed by atoms with Crippen LogP contribution in [0.25, 0.3) is 0 Å². The third-order valence-corrected chi connectivity index (χ3v) is 3.21. The molecule has 3 nitrogen and oxygen atoms in total. The van der Waals surface area contributed by atoms with Crippen LogP contribution < -0.4 is 4.74 Å². The average Bonchev–Trinajstić information content (AvgIpc) is 2.27. The maximum atomic E-state index is 10.9. The zero-order valence-corrected chi connectivity index (χ0v) is 11.9. The largest absolute Gasteiger partial charge is 0.494 e. The number of methoxy groups -OCH3 is 1. The molecule has 0 heterocycles. The third kappa shape index (κ3) is 3.22. The number of hydrogen-bond acceptors (Lipinski definition) is 4. The van der Waals surface area contributed by atoms with Gasteiger partial charge in [0, 0.05) is 11.3 Å². The molecule has 0 bridgehead atoms. The van der Waals surface area contributed by atoms with E-state index in [9.17, 15) is 4.91 Å². The van der Waals surface area contributed by atoms with E-state index in [4.69, 9.17) is 4.74 Å². The molecule has 94 valence electrons. The lowest BCUT2D eigenvalue weighted by molar-refractivity contribution is 0.412. The van der Waals surface area contributed by atoms with Gasteiger partial charge in [-0.05, 0) is 28.5 Å². The summed E-state index contributed by atoms with van der Waals surface area (Å²) >= 11 is 1.70. The van der Waals surface area contributed by atoms with E-state index < -0.39 is 0 Å². The molecule has 0 spiro atoms. The number of nitroso groups, excluding NO2 is 1. The fourth-order valence-electron chi connectivity index (χ4n) is 1.67. The summed E-state index contributed by atoms with van der Waals surface area (Å²) < 4.78 is 5.28. The molecule has 0 N–H and O–H groups in total. The van der Waals surface area contributed by atoms with Gasteiger partial charge < -0.3 is 4.74 Å². The van der Waals surface area contributed by atoms with Crippen LogP contribution in [-0.4, -0.2) is 13.4 Å². The first-order valence-corrected chi connectivity index (χ1v) is 6.87. The predicted molar refractivity (Wildman–Crippen MR) is 74.4 cm³/mol. The van der Waals surface area contributed by atoms with Gasteiger partial charge in [0.1, 0.15) is 5.69 Å². The van der Waals surface area contributed by atoms with E-state index in [1.165, 1.54) is 0 Å². The number of thioether (sulfide) groups is 1. The van der Waals surface area contributed by atoms with Gasteiger partial charge in [0.05, 0.1) is 7.11 Å². The van der Waals surface area contributed by atoms with Gasteiger partial charge >= 0.3 is 0 Å². The van der Waals surface area contributed by atoms with Crippen LogP contribution in [0, 0.1) is 4.91 Å². The zero-order chi connectivity index (χ0) is 13.1. The number of rotatable bonds is 4. The topological polar surface area (TPSA) is 38.7 Å². The first kappa shape index (κ1) is 14.0. The van der Waals surface area contributed by atoms with Crippen molar-refractivity contribution in [1.29, 1.82) is 0 Å². The van der Waals surface area contributed by atoms with Crippen LogP contribution in [0.3, 0.4) is 0 Å². The van der Waals surface area contributed by atoms with Gasteiger partial charge in [-0.1, -0.05) is 26.8 Å². The lowest BCUT2D eigenvalue weighted by Crippen LogP contribution is -2.11. The Balaban J connectivity index is 3.39. The van der Waals surface area contributed by atoms with Gasteiger partial charge in [0.15, 0.2) is 5.75 Å². The second-order valence-electron chi connectivity index (χ2n) is 4.96. The Bertz CT molecular complexity index is 411. The highest BCUT2D eigenvalue weighted by atomic mass is 32.2. The van der Waals surface area contributed by atoms with Gasteiger partial charge in [0.25, 0.3) is 0 Å². The second kappa shape index (κ2) is 5.54. The van der Waals surface area contributed by atoms with Crippen LogP contribution in [0.1, 0.15) is 31.9 Å². The van der Waals surface area contributed by atoms with Gasteiger partial charge in [-0.2, -0.15) is 11.8 Å². The number of nitrogens with zero attached hydrogens (tertiary/aromatic N) is 1. The molecule has 0 aliphatic carbocycles. The summed E-state index contributed by atoms with van der Waals surface area (Å²) in [5, 5.41) is 3.07. The highest BCUT2D eigenvalue weighted by Gasteiger charge is 2.19. The van der Waals surface area contributed by atoms with Crippen molar-refractivity contribution in [2.24, 2.45) is 5.18 Å². The molecule has 0 aromatic heterocycles. The zero-order valence-electron chi connectivity index (χ0n) is 11.0. The van der Waals surface area contributed by atoms with Crippen molar-refractivity contribution < 1.29 is 4.74 Å². The Kier molecular flexibility index (Phi) is 4.57. The summed E-state index contributed by atoms with van der Waals surface area (Å²) in [6.45, 7) is 6.35. The number of ether oxygens (including phenoxy) is 1. The maximum Gasteiger partial charge on any atom is 0.152 e. The Hall–Kier alpha value is -1.03. The molecule has 1 aromatic rings. The summed E-state index contributed by atoms with van der Waals surface area (Å²) in [5.41, 5.74) is 2.53. The molecule has 0 radical (unpaired) electrons. The normalized spacial score (nSPS) is 11.4. The van der Waals surface area contributed by atoms with Crippen molar-refractivity contribution >= 4 is 17.4 Å². The van der Waals surface area contributed by atoms with Gasteiger partial charge in [-0.25, -0.2) is 0 Å². The second-order valence-corrected chi connectivity index (χ2v) is 5.83. The molecule has 1 rings (SSSR count). The molecule has 0 unspecified atom stereocenters. The first-order valence-electron chi connectivity index (χ1n) is 5.47. The quantitative estimate of drug-likeness (QED) is 0.753. The minimum atomic E-state index is -0.00112. The summed E-state index contributed by atoms with van der Waals surface area (Å²) in [6.07, 6.45) is 2.03. The van der Waals surface area contributed by atoms with Crippen LogP contribution in [0.5, 0.6) is 5.75 Å². The Labute approximate surface area is 107 Å². The average molecular weight is 253 g/mol. The van der Waals surface area contributed by atoms with E-state index in [1.54, 1.807) is 18.9 Å². The summed E-state index contributed by atoms with van der Waals surface area (Å²) in [7, 11) is 1.57. The van der Waals surface area contributed by atoms with Crippen LogP contribution in [-0.2, 0) is 11.2 Å². The van der Waals surface area contributed by atoms with E-state index in [0.717, 1.165) is 16.9 Å². The van der Waals surface area contributed by atoms with Crippen LogP contribution >= 0.6 is 11.8 Å². The highest BCUT2D eigenvalue weighted by Crippen LogP contribution is 2.38. The van der Waals surface area contributed by atoms with E-state index in [2.05, 4.69) is 32.0 Å². The van der Waals surface area contributed by atoms with Crippen LogP contribution in [0.4, 0.5) is 5.69 Å². The van der Waals surface area contributed by atoms with Crippen molar-refractivity contribution in [2.45, 2.75) is 31.9 Å². The van der Waals surface area contributed by atoms with Crippen molar-refractivity contribution in [1.82, 2.24) is 0 Å². The third-order valence-electron chi connectivity index (χ3n) is 2.61. The predicted octanol–water partition coefficient (Wildman–Crippen LogP) is 4.25. The Morgan fingerprint density at radius 1 is 1.35 bits per heavy atom. The van der Waals surface area contributed by atoms with E-state index in [0.29, 0.717) is 11.4 Å². The van der Waals surface area contributed by atoms with Crippen molar-refractivity contribution in [3.05, 3.63) is 28.2 Å². The Morgan fingerprint density at radius 3 is 2.41 bits per heavy atom. The molecular weight excluding hydrogens is 234 g/mol. The van der Waals surface area contributed by atoms with Crippen molar-refractivity contribution in [2.75, 3.05) is 13.4 Å². The molecule has 0 aliphatic rings. The monoisotopic (exact) mass is 253 g/mol. The van der Waals surface area contributed by atoms with Crippen molar-refractivity contribution in [3.8, 4) is 5.75 Å². The van der Waals surface area contributed by atoms with E-state index >= 15 is 0 Å². The lowest BCUT2D eigenvalue weighted by atomic mass is 9.85. The van der Waals surface area contributed by atoms with Gasteiger partial charge in [-0.3, -0.25) is 0 Å². The lowest BCUT2D eigenvalue weighted by Gasteiger charge is -2.21. The van der Waals surface area contributed by atoms with E-state index in [1.807, 2.05) is 12.3 Å². The molecule has 0 fully saturated rings. The SMILES string of the molecule is COc1c(CSC)cc(C(C)(C)C)cc1N=O. The molecule has 4 heteroatoms. The Morgan fingerprint density at radius 2 is 2.00 bits per heavy atom. The highest BCUT2D eigenvalue weighted by molar-refractivity contribution is 7.97. The number of benzene rings is 1. The molecule has 0 saturated carbocycles. The van der Waals surface area contributed by atoms with E-state index in [-0.39, 0.29) is 5.41 Å². The first-order chi connectivity index (χ1) is 7.93. The maximum absolute atomic E-state index is 10.9. The molecule has 17 heavy (non-hydrogen) atoms. The fraction of sp³-hybridized carbons (Fsp3) is 0.538. The molecule has 0 amide bonds. The van der Waals surface area contributed by atoms with Crippen molar-refractivity contribution in [3.63, 3.8) is 0 Å². The summed E-state index contributed by atoms with van der Waals surface area (Å²) in [6, 6.07) is 3.92. The summed E-state index contributed by atoms with van der Waals surface area (Å²) in [4.78, 5) is 10.9. The number of hydrogen-bond donors (Lipinski definition) is 0. The van der Waals surface area contributed by atoms with Crippen LogP contribution in [0.2, 0.25) is 0 Å². The standard InChI is InChI=1S/C13H19NO2S/c1-13(2,3)10-6-9(8-17-5)12(16-4)11(7-10)14-15/h6-7H,8H2,1-5H3. The minimum absolute atomic E-state index is 0.00112. The smallest absolute Gasteiger partial charge is 0.152 e. The molecule has 0 aliphatic heterocycles. The van der Waals surface area contributed by atoms with Gasteiger partial charge in [0.2, 0.25) is 0 Å². The molecule has 0 saturated heterocycles. The van der Waals surface area contributed by atoms with Crippen LogP contribution in [0.15, 0.2) is 17.3 Å². The summed E-state index contributed by atoms with van der Waals surface area (Å²) in [5.74, 6) is 1.41. The molecule has 1 aromatic carbocycles. The minimum Gasteiger partial charge on any atom is -0.494 e. The molecular formula is C13H19NO2S. The van der Waals surface area contributed by atoms with Gasteiger partial charge in [-0.15, -0.1) is 4.91 Å². The molecule has 0 atom stereocenters. The fourth-order valence-corrected chi connectivity index (χ4v) is 2.20.